The third-order valence-electron chi connectivity index (χ3n) is 3.95. The van der Waals surface area contributed by atoms with Crippen molar-refractivity contribution in [2.45, 2.75) is 32.4 Å². The van der Waals surface area contributed by atoms with E-state index in [0.717, 1.165) is 24.2 Å². The zero-order chi connectivity index (χ0) is 16.2. The van der Waals surface area contributed by atoms with Crippen molar-refractivity contribution in [3.63, 3.8) is 0 Å². The van der Waals surface area contributed by atoms with Gasteiger partial charge in [-0.1, -0.05) is 18.5 Å². The monoisotopic (exact) mass is 335 g/mol. The zero-order valence-corrected chi connectivity index (χ0v) is 14.3. The molecule has 23 heavy (non-hydrogen) atoms. The smallest absolute Gasteiger partial charge is 0.179 e. The topological polar surface area (TPSA) is 48.3 Å². The second kappa shape index (κ2) is 7.23. The van der Waals surface area contributed by atoms with Gasteiger partial charge in [0.2, 0.25) is 0 Å². The average molecular weight is 336 g/mol. The minimum atomic E-state index is 0.262. The van der Waals surface area contributed by atoms with Crippen molar-refractivity contribution >= 4 is 11.6 Å². The third-order valence-corrected chi connectivity index (χ3v) is 4.23. The van der Waals surface area contributed by atoms with Crippen molar-refractivity contribution in [2.75, 3.05) is 13.2 Å². The van der Waals surface area contributed by atoms with E-state index >= 15 is 0 Å². The Morgan fingerprint density at radius 1 is 1.35 bits per heavy atom. The van der Waals surface area contributed by atoms with Gasteiger partial charge >= 0.3 is 0 Å². The number of aromatic nitrogens is 2. The van der Waals surface area contributed by atoms with Gasteiger partial charge in [0.25, 0.3) is 0 Å². The summed E-state index contributed by atoms with van der Waals surface area (Å²) in [5.41, 5.74) is 2.28. The summed E-state index contributed by atoms with van der Waals surface area (Å²) in [6, 6.07) is 4.21. The molecule has 1 aromatic carbocycles. The van der Waals surface area contributed by atoms with Crippen LogP contribution in [-0.2, 0) is 13.6 Å². The molecular formula is C17H22ClN3O2. The van der Waals surface area contributed by atoms with Crippen LogP contribution in [0.15, 0.2) is 24.5 Å². The molecule has 1 aliphatic heterocycles. The average Bonchev–Trinajstić information content (AvgIpc) is 2.82. The molecule has 0 amide bonds. The second-order valence-electron chi connectivity index (χ2n) is 5.74. The van der Waals surface area contributed by atoms with Crippen molar-refractivity contribution in [3.8, 4) is 11.5 Å². The fourth-order valence-corrected chi connectivity index (χ4v) is 3.03. The molecule has 0 fully saturated rings. The normalized spacial score (nSPS) is 15.3. The Morgan fingerprint density at radius 3 is 2.91 bits per heavy atom. The molecule has 0 unspecified atom stereocenters. The lowest BCUT2D eigenvalue weighted by atomic mass is 10.1. The van der Waals surface area contributed by atoms with E-state index in [1.807, 2.05) is 36.3 Å². The third kappa shape index (κ3) is 3.79. The predicted molar refractivity (Wildman–Crippen MR) is 90.1 cm³/mol. The highest BCUT2D eigenvalue weighted by atomic mass is 35.5. The van der Waals surface area contributed by atoms with Crippen LogP contribution in [0.25, 0.3) is 0 Å². The van der Waals surface area contributed by atoms with Gasteiger partial charge in [-0.2, -0.15) is 5.10 Å². The molecule has 2 aromatic rings. The maximum Gasteiger partial charge on any atom is 0.179 e. The van der Waals surface area contributed by atoms with Gasteiger partial charge in [0.1, 0.15) is 0 Å². The summed E-state index contributed by atoms with van der Waals surface area (Å²) in [5, 5.41) is 8.41. The van der Waals surface area contributed by atoms with E-state index in [4.69, 9.17) is 21.1 Å². The van der Waals surface area contributed by atoms with E-state index in [-0.39, 0.29) is 6.04 Å². The van der Waals surface area contributed by atoms with Gasteiger partial charge in [-0.15, -0.1) is 0 Å². The lowest BCUT2D eigenvalue weighted by Crippen LogP contribution is -2.20. The Bertz CT molecular complexity index is 672. The highest BCUT2D eigenvalue weighted by Gasteiger charge is 2.16. The summed E-state index contributed by atoms with van der Waals surface area (Å²) in [4.78, 5) is 0. The molecule has 1 aliphatic rings. The van der Waals surface area contributed by atoms with E-state index in [2.05, 4.69) is 17.3 Å². The lowest BCUT2D eigenvalue weighted by molar-refractivity contribution is 0.297. The fraction of sp³-hybridized carbons (Fsp3) is 0.471. The Kier molecular flexibility index (Phi) is 5.08. The molecule has 0 bridgehead atoms. The van der Waals surface area contributed by atoms with Crippen LogP contribution in [0.3, 0.4) is 0 Å². The molecule has 0 radical (unpaired) electrons. The van der Waals surface area contributed by atoms with Crippen LogP contribution in [-0.4, -0.2) is 23.0 Å². The predicted octanol–water partition coefficient (Wildman–Crippen LogP) is 3.48. The van der Waals surface area contributed by atoms with Crippen LogP contribution in [0.2, 0.25) is 5.02 Å². The minimum absolute atomic E-state index is 0.262. The first-order chi connectivity index (χ1) is 11.2. The number of rotatable bonds is 5. The molecule has 1 N–H and O–H groups in total. The lowest BCUT2D eigenvalue weighted by Gasteiger charge is -2.17. The van der Waals surface area contributed by atoms with E-state index in [0.29, 0.717) is 30.5 Å². The van der Waals surface area contributed by atoms with Crippen LogP contribution in [0.4, 0.5) is 0 Å². The van der Waals surface area contributed by atoms with Gasteiger partial charge in [-0.05, 0) is 24.1 Å². The molecule has 124 valence electrons. The number of ether oxygens (including phenoxy) is 2. The van der Waals surface area contributed by atoms with Crippen molar-refractivity contribution in [1.29, 1.82) is 0 Å². The molecule has 1 aromatic heterocycles. The summed E-state index contributed by atoms with van der Waals surface area (Å²) in [6.07, 6.45) is 5.81. The van der Waals surface area contributed by atoms with Crippen LogP contribution < -0.4 is 14.8 Å². The van der Waals surface area contributed by atoms with Gasteiger partial charge in [0.05, 0.1) is 24.4 Å². The number of hydrogen-bond acceptors (Lipinski definition) is 4. The molecular weight excluding hydrogens is 314 g/mol. The fourth-order valence-electron chi connectivity index (χ4n) is 2.75. The Hall–Kier alpha value is -1.72. The van der Waals surface area contributed by atoms with Crippen LogP contribution >= 0.6 is 11.6 Å². The van der Waals surface area contributed by atoms with E-state index in [1.165, 1.54) is 5.56 Å². The molecule has 1 atom stereocenters. The first kappa shape index (κ1) is 16.1. The molecule has 0 spiro atoms. The van der Waals surface area contributed by atoms with Gasteiger partial charge in [-0.3, -0.25) is 4.68 Å². The summed E-state index contributed by atoms with van der Waals surface area (Å²) >= 11 is 6.34. The maximum absolute atomic E-state index is 6.34. The first-order valence-corrected chi connectivity index (χ1v) is 8.35. The molecule has 3 rings (SSSR count). The number of hydrogen-bond donors (Lipinski definition) is 1. The summed E-state index contributed by atoms with van der Waals surface area (Å²) in [5.74, 6) is 1.40. The van der Waals surface area contributed by atoms with Crippen molar-refractivity contribution in [2.24, 2.45) is 7.05 Å². The molecule has 5 nitrogen and oxygen atoms in total. The molecule has 0 saturated carbocycles. The number of halogens is 1. The van der Waals surface area contributed by atoms with Gasteiger partial charge in [0.15, 0.2) is 11.5 Å². The number of nitrogens with one attached hydrogen (secondary N) is 1. The maximum atomic E-state index is 6.34. The number of benzene rings is 1. The van der Waals surface area contributed by atoms with E-state index < -0.39 is 0 Å². The Balaban J connectivity index is 1.72. The van der Waals surface area contributed by atoms with Crippen LogP contribution in [0.1, 0.15) is 36.9 Å². The molecule has 2 heterocycles. The second-order valence-corrected chi connectivity index (χ2v) is 6.15. The number of nitrogens with zero attached hydrogens (tertiary/aromatic N) is 2. The van der Waals surface area contributed by atoms with Gasteiger partial charge in [0, 0.05) is 37.8 Å². The van der Waals surface area contributed by atoms with Crippen LogP contribution in [0, 0.1) is 0 Å². The van der Waals surface area contributed by atoms with Crippen molar-refractivity contribution < 1.29 is 9.47 Å². The number of fused-ring (bicyclic) bond motifs is 1. The number of aryl methyl sites for hydroxylation is 1. The Morgan fingerprint density at radius 2 is 2.17 bits per heavy atom. The first-order valence-electron chi connectivity index (χ1n) is 7.97. The van der Waals surface area contributed by atoms with E-state index in [1.54, 1.807) is 0 Å². The van der Waals surface area contributed by atoms with Crippen LogP contribution in [0.5, 0.6) is 11.5 Å². The van der Waals surface area contributed by atoms with Gasteiger partial charge < -0.3 is 14.8 Å². The Labute approximate surface area is 141 Å². The zero-order valence-electron chi connectivity index (χ0n) is 13.5. The largest absolute Gasteiger partial charge is 0.489 e. The van der Waals surface area contributed by atoms with Gasteiger partial charge in [-0.25, -0.2) is 0 Å². The molecule has 0 saturated heterocycles. The summed E-state index contributed by atoms with van der Waals surface area (Å²) in [7, 11) is 1.93. The standard InChI is InChI=1S/C17H22ClN3O2/c1-3-15(13-10-20-21(2)11-13)19-9-12-7-14(18)17-16(8-12)22-5-4-6-23-17/h7-8,10-11,15,19H,3-6,9H2,1-2H3/t15-/m1/s1. The SMILES string of the molecule is CC[C@@H](NCc1cc(Cl)c2c(c1)OCCCO2)c1cnn(C)c1. The summed E-state index contributed by atoms with van der Waals surface area (Å²) in [6.45, 7) is 4.17. The van der Waals surface area contributed by atoms with E-state index in [9.17, 15) is 0 Å². The highest BCUT2D eigenvalue weighted by molar-refractivity contribution is 6.32. The molecule has 0 aliphatic carbocycles. The van der Waals surface area contributed by atoms with Crippen molar-refractivity contribution in [1.82, 2.24) is 15.1 Å². The van der Waals surface area contributed by atoms with Crippen molar-refractivity contribution in [3.05, 3.63) is 40.7 Å². The minimum Gasteiger partial charge on any atom is -0.489 e. The summed E-state index contributed by atoms with van der Waals surface area (Å²) < 4.78 is 13.2. The highest BCUT2D eigenvalue weighted by Crippen LogP contribution is 2.38. The quantitative estimate of drug-likeness (QED) is 0.908. The molecule has 6 heteroatoms.